The summed E-state index contributed by atoms with van der Waals surface area (Å²) in [7, 11) is 0. The number of aliphatic hydroxyl groups is 3. The van der Waals surface area contributed by atoms with Crippen LogP contribution in [-0.2, 0) is 33.3 Å². The van der Waals surface area contributed by atoms with E-state index in [9.17, 15) is 29.7 Å². The molecule has 4 heterocycles. The molecule has 0 radical (unpaired) electrons. The molecule has 11 atom stereocenters. The van der Waals surface area contributed by atoms with Gasteiger partial charge in [-0.15, -0.1) is 0 Å². The maximum absolute atomic E-state index is 13.4. The minimum absolute atomic E-state index is 0.229. The highest BCUT2D eigenvalue weighted by molar-refractivity contribution is 5.94. The summed E-state index contributed by atoms with van der Waals surface area (Å²) < 4.78 is 22.5. The SMILES string of the molecule is C[C@@H]1C(=O)O[C@H]2[C@H](O)C34C5C[C@@H](C(C)(C)C)[C@]36[C@@H](OC(=O)[C@@H]6O)O[C@@]4(C(=O)O5)[C@@]12O. The van der Waals surface area contributed by atoms with Gasteiger partial charge in [-0.3, -0.25) is 4.79 Å². The van der Waals surface area contributed by atoms with Gasteiger partial charge in [0.15, 0.2) is 17.8 Å². The van der Waals surface area contributed by atoms with Crippen molar-refractivity contribution in [3.63, 3.8) is 0 Å². The third-order valence-electron chi connectivity index (χ3n) is 9.00. The number of carbonyl (C=O) groups excluding carboxylic acids is 3. The Morgan fingerprint density at radius 1 is 1.03 bits per heavy atom. The first-order valence-electron chi connectivity index (χ1n) is 10.2. The lowest BCUT2D eigenvalue weighted by atomic mass is 9.51. The number of esters is 3. The van der Waals surface area contributed by atoms with Crippen LogP contribution < -0.4 is 0 Å². The molecule has 3 N–H and O–H groups in total. The van der Waals surface area contributed by atoms with E-state index in [2.05, 4.69) is 0 Å². The van der Waals surface area contributed by atoms with Crippen LogP contribution >= 0.6 is 0 Å². The van der Waals surface area contributed by atoms with Crippen LogP contribution in [0.1, 0.15) is 34.1 Å². The largest absolute Gasteiger partial charge is 0.459 e. The third kappa shape index (κ3) is 1.33. The maximum Gasteiger partial charge on any atom is 0.343 e. The molecule has 4 saturated heterocycles. The average molecular weight is 424 g/mol. The smallest absolute Gasteiger partial charge is 0.343 e. The Labute approximate surface area is 171 Å². The maximum atomic E-state index is 13.4. The van der Waals surface area contributed by atoms with Crippen LogP contribution in [0.5, 0.6) is 0 Å². The molecule has 2 aliphatic carbocycles. The molecule has 10 heteroatoms. The number of aliphatic hydroxyl groups excluding tert-OH is 2. The van der Waals surface area contributed by atoms with Gasteiger partial charge in [0.25, 0.3) is 0 Å². The second-order valence-electron chi connectivity index (χ2n) is 10.7. The lowest BCUT2D eigenvalue weighted by Crippen LogP contribution is -2.67. The van der Waals surface area contributed by atoms with Gasteiger partial charge < -0.3 is 34.3 Å². The minimum Gasteiger partial charge on any atom is -0.459 e. The van der Waals surface area contributed by atoms with Crippen LogP contribution in [0.2, 0.25) is 0 Å². The summed E-state index contributed by atoms with van der Waals surface area (Å²) in [6.45, 7) is 7.14. The van der Waals surface area contributed by atoms with Crippen molar-refractivity contribution in [2.75, 3.05) is 0 Å². The fourth-order valence-corrected chi connectivity index (χ4v) is 8.12. The second kappa shape index (κ2) is 4.69. The number of hydrogen-bond acceptors (Lipinski definition) is 10. The minimum atomic E-state index is -2.24. The first-order chi connectivity index (χ1) is 13.8. The number of carbonyl (C=O) groups is 3. The zero-order valence-corrected chi connectivity index (χ0v) is 16.9. The van der Waals surface area contributed by atoms with Gasteiger partial charge in [-0.1, -0.05) is 20.8 Å². The molecule has 10 nitrogen and oxygen atoms in total. The van der Waals surface area contributed by atoms with E-state index in [1.165, 1.54) is 6.92 Å². The van der Waals surface area contributed by atoms with Gasteiger partial charge in [0.05, 0.1) is 16.7 Å². The zero-order chi connectivity index (χ0) is 21.8. The Morgan fingerprint density at radius 3 is 2.33 bits per heavy atom. The third-order valence-corrected chi connectivity index (χ3v) is 9.00. The van der Waals surface area contributed by atoms with E-state index in [-0.39, 0.29) is 6.42 Å². The molecule has 6 rings (SSSR count). The van der Waals surface area contributed by atoms with Gasteiger partial charge >= 0.3 is 17.9 Å². The molecule has 2 saturated carbocycles. The van der Waals surface area contributed by atoms with E-state index in [4.69, 9.17) is 18.9 Å². The standard InChI is InChI=1S/C20H24O10/c1-6-12(23)28-11-9(21)18-8-5-7(16(2,3)4)17(18)10(22)13(24)29-15(17)30-20(18,14(25)27-8)19(6,11)26/h6-11,15,21-22,26H,5H2,1-4H3/t6-,7+,8?,9+,10+,11+,15+,17+,18?,19-,20-/m1/s1. The molecule has 0 aromatic heterocycles. The summed E-state index contributed by atoms with van der Waals surface area (Å²) in [5, 5.41) is 34.7. The Morgan fingerprint density at radius 2 is 1.70 bits per heavy atom. The van der Waals surface area contributed by atoms with Gasteiger partial charge in [-0.2, -0.15) is 0 Å². The number of fused-ring (bicyclic) bond motifs is 1. The molecule has 2 unspecified atom stereocenters. The molecular weight excluding hydrogens is 400 g/mol. The van der Waals surface area contributed by atoms with Crippen molar-refractivity contribution in [3.05, 3.63) is 0 Å². The topological polar surface area (TPSA) is 149 Å². The van der Waals surface area contributed by atoms with Crippen molar-refractivity contribution < 1.29 is 48.7 Å². The summed E-state index contributed by atoms with van der Waals surface area (Å²) in [4.78, 5) is 38.2. The van der Waals surface area contributed by atoms with Crippen LogP contribution in [0.15, 0.2) is 0 Å². The van der Waals surface area contributed by atoms with Gasteiger partial charge in [-0.25, -0.2) is 9.59 Å². The number of hydrogen-bond donors (Lipinski definition) is 3. The molecular formula is C20H24O10. The van der Waals surface area contributed by atoms with E-state index < -0.39 is 87.9 Å². The highest BCUT2D eigenvalue weighted by Gasteiger charge is 3.03. The predicted octanol–water partition coefficient (Wildman–Crippen LogP) is -1.37. The first kappa shape index (κ1) is 19.0. The van der Waals surface area contributed by atoms with Crippen molar-refractivity contribution in [1.29, 1.82) is 0 Å². The molecule has 0 bridgehead atoms. The van der Waals surface area contributed by atoms with Crippen molar-refractivity contribution in [1.82, 2.24) is 0 Å². The van der Waals surface area contributed by atoms with E-state index in [0.29, 0.717) is 0 Å². The Kier molecular flexibility index (Phi) is 2.97. The lowest BCUT2D eigenvalue weighted by Gasteiger charge is -2.47. The van der Waals surface area contributed by atoms with Gasteiger partial charge in [0.1, 0.15) is 12.2 Å². The summed E-state index contributed by atoms with van der Waals surface area (Å²) >= 11 is 0. The van der Waals surface area contributed by atoms with Gasteiger partial charge in [-0.05, 0) is 24.7 Å². The van der Waals surface area contributed by atoms with Crippen molar-refractivity contribution in [2.24, 2.45) is 28.1 Å². The van der Waals surface area contributed by atoms with E-state index >= 15 is 0 Å². The Hall–Kier alpha value is -1.75. The molecule has 30 heavy (non-hydrogen) atoms. The Balaban J connectivity index is 1.72. The lowest BCUT2D eigenvalue weighted by molar-refractivity contribution is -0.239. The number of rotatable bonds is 0. The molecule has 2 spiro atoms. The van der Waals surface area contributed by atoms with Crippen LogP contribution in [-0.4, -0.2) is 75.1 Å². The van der Waals surface area contributed by atoms with Gasteiger partial charge in [0, 0.05) is 0 Å². The Bertz CT molecular complexity index is 925. The highest BCUT2D eigenvalue weighted by atomic mass is 16.8. The molecule has 6 aliphatic rings. The average Bonchev–Trinajstić information content (AvgIpc) is 3.35. The van der Waals surface area contributed by atoms with Crippen LogP contribution in [0.25, 0.3) is 0 Å². The zero-order valence-electron chi connectivity index (χ0n) is 16.9. The fourth-order valence-electron chi connectivity index (χ4n) is 8.12. The van der Waals surface area contributed by atoms with E-state index in [0.717, 1.165) is 0 Å². The van der Waals surface area contributed by atoms with Crippen molar-refractivity contribution in [3.8, 4) is 0 Å². The first-order valence-corrected chi connectivity index (χ1v) is 10.2. The summed E-state index contributed by atoms with van der Waals surface area (Å²) in [5.74, 6) is -4.32. The molecule has 6 fully saturated rings. The van der Waals surface area contributed by atoms with Crippen molar-refractivity contribution in [2.45, 2.75) is 76.0 Å². The van der Waals surface area contributed by atoms with Crippen LogP contribution in [0, 0.1) is 28.1 Å². The molecule has 0 amide bonds. The summed E-state index contributed by atoms with van der Waals surface area (Å²) in [6.07, 6.45) is -6.91. The number of ether oxygens (including phenoxy) is 4. The van der Waals surface area contributed by atoms with Gasteiger partial charge in [0.2, 0.25) is 11.9 Å². The molecule has 0 aromatic carbocycles. The van der Waals surface area contributed by atoms with Crippen LogP contribution in [0.4, 0.5) is 0 Å². The van der Waals surface area contributed by atoms with Crippen molar-refractivity contribution >= 4 is 17.9 Å². The molecule has 4 aliphatic heterocycles. The van der Waals surface area contributed by atoms with E-state index in [1.807, 2.05) is 20.8 Å². The van der Waals surface area contributed by atoms with E-state index in [1.54, 1.807) is 0 Å². The normalized spacial score (nSPS) is 60.1. The monoisotopic (exact) mass is 424 g/mol. The second-order valence-corrected chi connectivity index (χ2v) is 10.7. The summed E-state index contributed by atoms with van der Waals surface area (Å²) in [6, 6.07) is 0. The highest BCUT2D eigenvalue weighted by Crippen LogP contribution is 2.84. The molecule has 0 aromatic rings. The quantitative estimate of drug-likeness (QED) is 0.314. The summed E-state index contributed by atoms with van der Waals surface area (Å²) in [5.41, 5.74) is -8.26. The van der Waals surface area contributed by atoms with Crippen LogP contribution in [0.3, 0.4) is 0 Å². The fraction of sp³-hybridized carbons (Fsp3) is 0.850. The predicted molar refractivity (Wildman–Crippen MR) is 92.0 cm³/mol. The molecule has 164 valence electrons.